The maximum absolute atomic E-state index is 10.6. The van der Waals surface area contributed by atoms with E-state index in [0.29, 0.717) is 41.8 Å². The number of aromatic hydroxyl groups is 2. The van der Waals surface area contributed by atoms with Crippen molar-refractivity contribution >= 4 is 0 Å². The molecule has 0 radical (unpaired) electrons. The van der Waals surface area contributed by atoms with E-state index in [4.69, 9.17) is 4.74 Å². The number of hydrogen-bond donors (Lipinski definition) is 2. The molecule has 160 valence electrons. The fourth-order valence-corrected chi connectivity index (χ4v) is 3.23. The molecule has 0 saturated carbocycles. The molecule has 8 heteroatoms. The highest BCUT2D eigenvalue weighted by Crippen LogP contribution is 2.43. The van der Waals surface area contributed by atoms with Gasteiger partial charge in [-0.1, -0.05) is 19.9 Å². The van der Waals surface area contributed by atoms with Crippen molar-refractivity contribution in [1.82, 2.24) is 20.2 Å². The van der Waals surface area contributed by atoms with Crippen LogP contribution >= 0.6 is 0 Å². The second-order valence-electron chi connectivity index (χ2n) is 7.73. The number of aromatic nitrogens is 4. The molecule has 0 fully saturated rings. The van der Waals surface area contributed by atoms with E-state index >= 15 is 0 Å². The molecule has 0 bridgehead atoms. The van der Waals surface area contributed by atoms with Gasteiger partial charge in [0.25, 0.3) is 0 Å². The Labute approximate surface area is 176 Å². The molecule has 3 aromatic rings. The Hall–Kier alpha value is -3.13. The van der Waals surface area contributed by atoms with Crippen molar-refractivity contribution in [2.75, 3.05) is 13.7 Å². The van der Waals surface area contributed by atoms with Crippen LogP contribution in [-0.2, 0) is 6.54 Å². The van der Waals surface area contributed by atoms with Gasteiger partial charge in [0.15, 0.2) is 12.4 Å². The van der Waals surface area contributed by atoms with Gasteiger partial charge in [-0.2, -0.15) is 0 Å². The van der Waals surface area contributed by atoms with Crippen molar-refractivity contribution in [2.24, 2.45) is 0 Å². The summed E-state index contributed by atoms with van der Waals surface area (Å²) in [4.78, 5) is 0. The maximum Gasteiger partial charge on any atom is 0.186 e. The zero-order valence-electron chi connectivity index (χ0n) is 18.0. The molecule has 0 aliphatic heterocycles. The first-order valence-electron chi connectivity index (χ1n) is 9.99. The Kier molecular flexibility index (Phi) is 6.56. The van der Waals surface area contributed by atoms with Crippen LogP contribution in [-0.4, -0.2) is 55.0 Å². The van der Waals surface area contributed by atoms with E-state index in [2.05, 4.69) is 34.1 Å². The molecule has 1 heterocycles. The predicted octanol–water partition coefficient (Wildman–Crippen LogP) is 3.49. The van der Waals surface area contributed by atoms with Gasteiger partial charge in [0.2, 0.25) is 0 Å². The van der Waals surface area contributed by atoms with Gasteiger partial charge < -0.3 is 19.7 Å². The minimum absolute atomic E-state index is 0.0516. The number of phenolic OH excluding ortho intramolecular Hbond substituents is 2. The molecule has 0 saturated heterocycles. The maximum atomic E-state index is 10.6. The quantitative estimate of drug-likeness (QED) is 0.548. The molecule has 3 N–H and O–H groups in total. The molecule has 30 heavy (non-hydrogen) atoms. The molecule has 2 aromatic carbocycles. The normalized spacial score (nSPS) is 11.4. The van der Waals surface area contributed by atoms with Gasteiger partial charge in [-0.3, -0.25) is 0 Å². The third kappa shape index (κ3) is 4.54. The summed E-state index contributed by atoms with van der Waals surface area (Å²) in [6.45, 7) is 9.27. The number of ether oxygens (including phenoxy) is 2. The SMILES string of the molecule is COc1ccc(C(C)C)cc1-c1cc(-c2nnnn2CC[OH+]C(C)C)c(O)cc1O. The molecule has 8 nitrogen and oxygen atoms in total. The van der Waals surface area contributed by atoms with Crippen molar-refractivity contribution in [1.29, 1.82) is 0 Å². The summed E-state index contributed by atoms with van der Waals surface area (Å²) in [7, 11) is 1.59. The second kappa shape index (κ2) is 9.13. The van der Waals surface area contributed by atoms with E-state index in [9.17, 15) is 10.2 Å². The van der Waals surface area contributed by atoms with Crippen molar-refractivity contribution < 1.29 is 19.7 Å². The molecular weight excluding hydrogens is 384 g/mol. The number of phenols is 2. The molecule has 3 rings (SSSR count). The van der Waals surface area contributed by atoms with Crippen LogP contribution in [0.3, 0.4) is 0 Å². The second-order valence-corrected chi connectivity index (χ2v) is 7.73. The third-order valence-electron chi connectivity index (χ3n) is 4.87. The van der Waals surface area contributed by atoms with Gasteiger partial charge in [0.05, 0.1) is 12.7 Å². The predicted molar refractivity (Wildman–Crippen MR) is 115 cm³/mol. The van der Waals surface area contributed by atoms with E-state index < -0.39 is 0 Å². The zero-order valence-corrected chi connectivity index (χ0v) is 18.0. The van der Waals surface area contributed by atoms with Crippen LogP contribution < -0.4 is 4.74 Å². The van der Waals surface area contributed by atoms with E-state index in [1.807, 2.05) is 32.0 Å². The average molecular weight is 413 g/mol. The highest BCUT2D eigenvalue weighted by atomic mass is 16.5. The van der Waals surface area contributed by atoms with Gasteiger partial charge in [0, 0.05) is 31.0 Å². The topological polar surface area (TPSA) is 106 Å². The zero-order chi connectivity index (χ0) is 21.8. The fraction of sp³-hybridized carbons (Fsp3) is 0.409. The number of benzene rings is 2. The van der Waals surface area contributed by atoms with E-state index in [-0.39, 0.29) is 17.6 Å². The summed E-state index contributed by atoms with van der Waals surface area (Å²) in [5, 5.41) is 33.0. The fourth-order valence-electron chi connectivity index (χ4n) is 3.23. The Morgan fingerprint density at radius 3 is 2.40 bits per heavy atom. The molecule has 0 amide bonds. The van der Waals surface area contributed by atoms with Crippen molar-refractivity contribution in [2.45, 2.75) is 46.3 Å². The highest BCUT2D eigenvalue weighted by molar-refractivity contribution is 5.82. The number of aliphatic hydroxyl groups is 2. The smallest absolute Gasteiger partial charge is 0.186 e. The summed E-state index contributed by atoms with van der Waals surface area (Å²) in [6.07, 6.45) is 0.222. The molecule has 1 aromatic heterocycles. The molecule has 0 spiro atoms. The first kappa shape index (κ1) is 21.6. The van der Waals surface area contributed by atoms with Gasteiger partial charge in [-0.15, -0.1) is 5.10 Å². The number of hydrogen-bond acceptors (Lipinski definition) is 6. The third-order valence-corrected chi connectivity index (χ3v) is 4.87. The molecule has 0 aliphatic carbocycles. The Bertz CT molecular complexity index is 1010. The van der Waals surface area contributed by atoms with Crippen molar-refractivity contribution in [3.8, 4) is 39.8 Å². The highest BCUT2D eigenvalue weighted by Gasteiger charge is 2.20. The minimum atomic E-state index is -0.105. The number of nitrogens with zero attached hydrogens (tertiary/aromatic N) is 4. The lowest BCUT2D eigenvalue weighted by molar-refractivity contribution is -0.0893. The van der Waals surface area contributed by atoms with Gasteiger partial charge in [0.1, 0.15) is 29.9 Å². The van der Waals surface area contributed by atoms with Crippen LogP contribution in [0.2, 0.25) is 0 Å². The van der Waals surface area contributed by atoms with Crippen LogP contribution in [0.5, 0.6) is 17.2 Å². The van der Waals surface area contributed by atoms with E-state index in [0.717, 1.165) is 11.1 Å². The number of methoxy groups -OCH3 is 1. The van der Waals surface area contributed by atoms with Crippen LogP contribution in [0.4, 0.5) is 0 Å². The van der Waals surface area contributed by atoms with Crippen LogP contribution in [0.15, 0.2) is 30.3 Å². The monoisotopic (exact) mass is 413 g/mol. The largest absolute Gasteiger partial charge is 0.507 e. The summed E-state index contributed by atoms with van der Waals surface area (Å²) < 4.78 is 11.6. The summed E-state index contributed by atoms with van der Waals surface area (Å²) in [5.41, 5.74) is 2.80. The van der Waals surface area contributed by atoms with Crippen molar-refractivity contribution in [3.63, 3.8) is 0 Å². The standard InChI is InChI=1S/C22H28N4O4/c1-13(2)15-6-7-21(29-5)17(10-15)16-11-18(20(28)12-19(16)27)22-23-24-25-26(22)8-9-30-14(3)4/h6-7,10-14,27-28H,8-9H2,1-5H3/p+1. The average Bonchev–Trinajstić information content (AvgIpc) is 3.15. The Morgan fingerprint density at radius 2 is 1.73 bits per heavy atom. The lowest BCUT2D eigenvalue weighted by Gasteiger charge is -2.15. The van der Waals surface area contributed by atoms with Gasteiger partial charge in [-0.05, 0) is 40.1 Å². The summed E-state index contributed by atoms with van der Waals surface area (Å²) >= 11 is 0. The van der Waals surface area contributed by atoms with Gasteiger partial charge >= 0.3 is 0 Å². The molecule has 0 unspecified atom stereocenters. The summed E-state index contributed by atoms with van der Waals surface area (Å²) in [5.74, 6) is 1.19. The molecule has 0 aliphatic rings. The Morgan fingerprint density at radius 1 is 1.00 bits per heavy atom. The van der Waals surface area contributed by atoms with E-state index in [1.54, 1.807) is 17.9 Å². The molecular formula is C22H29N4O4+. The Balaban J connectivity index is 2.07. The number of tetrazole rings is 1. The van der Waals surface area contributed by atoms with Crippen LogP contribution in [0, 0.1) is 0 Å². The number of rotatable bonds is 8. The first-order valence-corrected chi connectivity index (χ1v) is 9.99. The van der Waals surface area contributed by atoms with Gasteiger partial charge in [-0.25, -0.2) is 4.68 Å². The lowest BCUT2D eigenvalue weighted by Crippen LogP contribution is -2.16. The lowest BCUT2D eigenvalue weighted by atomic mass is 9.94. The van der Waals surface area contributed by atoms with Crippen molar-refractivity contribution in [3.05, 3.63) is 35.9 Å². The van der Waals surface area contributed by atoms with Crippen LogP contribution in [0.1, 0.15) is 39.2 Å². The van der Waals surface area contributed by atoms with E-state index in [1.165, 1.54) is 6.07 Å². The minimum Gasteiger partial charge on any atom is -0.507 e. The first-order chi connectivity index (χ1) is 14.3. The molecule has 0 atom stereocenters. The van der Waals surface area contributed by atoms with Crippen LogP contribution in [0.25, 0.3) is 22.5 Å². The summed E-state index contributed by atoms with van der Waals surface area (Å²) in [6, 6.07) is 8.88.